The summed E-state index contributed by atoms with van der Waals surface area (Å²) >= 11 is 5.22. The molecule has 1 atom stereocenters. The number of thiophene rings is 1. The average molecular weight is 368 g/mol. The molecule has 21 heavy (non-hydrogen) atoms. The molecule has 5 heteroatoms. The van der Waals surface area contributed by atoms with Crippen LogP contribution in [0.1, 0.15) is 29.9 Å². The molecule has 1 N–H and O–H groups in total. The molecule has 2 heterocycles. The molecule has 110 valence electrons. The van der Waals surface area contributed by atoms with E-state index in [-0.39, 0.29) is 11.9 Å². The minimum Gasteiger partial charge on any atom is -0.459 e. The van der Waals surface area contributed by atoms with Crippen molar-refractivity contribution >= 4 is 38.2 Å². The summed E-state index contributed by atoms with van der Waals surface area (Å²) in [6.07, 6.45) is 0. The Bertz CT molecular complexity index is 780. The molecular weight excluding hydrogens is 353 g/mol. The van der Waals surface area contributed by atoms with E-state index in [2.05, 4.69) is 38.9 Å². The number of halogens is 2. The Labute approximate surface area is 135 Å². The highest BCUT2D eigenvalue weighted by atomic mass is 79.9. The van der Waals surface area contributed by atoms with Gasteiger partial charge >= 0.3 is 0 Å². The van der Waals surface area contributed by atoms with Crippen LogP contribution in [0, 0.1) is 12.7 Å². The monoisotopic (exact) mass is 367 g/mol. The molecular formula is C16H15BrFNOS. The predicted octanol–water partition coefficient (Wildman–Crippen LogP) is 5.40. The molecule has 3 aromatic rings. The summed E-state index contributed by atoms with van der Waals surface area (Å²) in [6, 6.07) is 4.61. The molecule has 0 amide bonds. The highest BCUT2D eigenvalue weighted by Gasteiger charge is 2.23. The molecule has 0 radical (unpaired) electrons. The van der Waals surface area contributed by atoms with Crippen molar-refractivity contribution in [3.63, 3.8) is 0 Å². The maximum atomic E-state index is 13.4. The number of benzene rings is 1. The third-order valence-electron chi connectivity index (χ3n) is 3.56. The molecule has 0 aliphatic heterocycles. The largest absolute Gasteiger partial charge is 0.459 e. The van der Waals surface area contributed by atoms with Crippen molar-refractivity contribution in [3.05, 3.63) is 56.1 Å². The summed E-state index contributed by atoms with van der Waals surface area (Å²) in [5.41, 5.74) is 2.84. The zero-order valence-corrected chi connectivity index (χ0v) is 14.1. The third kappa shape index (κ3) is 2.65. The Morgan fingerprint density at radius 2 is 2.19 bits per heavy atom. The number of aryl methyl sites for hydroxylation is 1. The van der Waals surface area contributed by atoms with Gasteiger partial charge in [0.2, 0.25) is 0 Å². The second-order valence-electron chi connectivity index (χ2n) is 4.90. The first-order valence-corrected chi connectivity index (χ1v) is 8.49. The van der Waals surface area contributed by atoms with Gasteiger partial charge in [-0.15, -0.1) is 0 Å². The van der Waals surface area contributed by atoms with Crippen LogP contribution in [0.15, 0.2) is 37.8 Å². The van der Waals surface area contributed by atoms with Crippen LogP contribution in [0.4, 0.5) is 4.39 Å². The molecule has 2 aromatic heterocycles. The number of rotatable bonds is 4. The van der Waals surface area contributed by atoms with E-state index < -0.39 is 0 Å². The van der Waals surface area contributed by atoms with Gasteiger partial charge in [-0.1, -0.05) is 6.92 Å². The highest BCUT2D eigenvalue weighted by Crippen LogP contribution is 2.37. The van der Waals surface area contributed by atoms with Gasteiger partial charge in [0.1, 0.15) is 17.2 Å². The minimum absolute atomic E-state index is 0.0360. The lowest BCUT2D eigenvalue weighted by molar-refractivity contribution is 0.473. The van der Waals surface area contributed by atoms with Crippen molar-refractivity contribution in [2.45, 2.75) is 19.9 Å². The zero-order chi connectivity index (χ0) is 15.0. The molecule has 1 aromatic carbocycles. The first-order chi connectivity index (χ1) is 10.1. The lowest BCUT2D eigenvalue weighted by atomic mass is 10.0. The Morgan fingerprint density at radius 1 is 1.38 bits per heavy atom. The number of furan rings is 1. The summed E-state index contributed by atoms with van der Waals surface area (Å²) in [4.78, 5) is 0. The van der Waals surface area contributed by atoms with E-state index in [1.807, 2.05) is 6.92 Å². The fourth-order valence-electron chi connectivity index (χ4n) is 2.53. The molecule has 0 aliphatic carbocycles. The topological polar surface area (TPSA) is 25.2 Å². The standard InChI is InChI=1S/C16H15BrFNOS/c1-3-19-15(12-7-21-8-13(12)17)16-9(2)11-6-10(18)4-5-14(11)20-16/h4-8,15,19H,3H2,1-2H3. The smallest absolute Gasteiger partial charge is 0.134 e. The lowest BCUT2D eigenvalue weighted by Crippen LogP contribution is -2.22. The van der Waals surface area contributed by atoms with Crippen LogP contribution in [0.3, 0.4) is 0 Å². The van der Waals surface area contributed by atoms with Gasteiger partial charge in [-0.25, -0.2) is 4.39 Å². The first-order valence-electron chi connectivity index (χ1n) is 6.75. The van der Waals surface area contributed by atoms with E-state index in [1.165, 1.54) is 12.1 Å². The fraction of sp³-hybridized carbons (Fsp3) is 0.250. The Morgan fingerprint density at radius 3 is 2.86 bits per heavy atom. The van der Waals surface area contributed by atoms with Crippen LogP contribution in [-0.2, 0) is 0 Å². The van der Waals surface area contributed by atoms with Gasteiger partial charge in [0, 0.05) is 26.4 Å². The van der Waals surface area contributed by atoms with E-state index in [0.717, 1.165) is 38.9 Å². The first kappa shape index (κ1) is 14.8. The Kier molecular flexibility index (Phi) is 4.15. The van der Waals surface area contributed by atoms with Crippen LogP contribution in [0.2, 0.25) is 0 Å². The molecule has 0 aliphatic rings. The molecule has 0 bridgehead atoms. The van der Waals surface area contributed by atoms with Crippen molar-refractivity contribution in [2.24, 2.45) is 0 Å². The molecule has 0 fully saturated rings. The van der Waals surface area contributed by atoms with Crippen LogP contribution in [0.5, 0.6) is 0 Å². The van der Waals surface area contributed by atoms with Gasteiger partial charge < -0.3 is 9.73 Å². The second kappa shape index (κ2) is 5.91. The van der Waals surface area contributed by atoms with E-state index >= 15 is 0 Å². The number of hydrogen-bond donors (Lipinski definition) is 1. The summed E-state index contributed by atoms with van der Waals surface area (Å²) in [5, 5.41) is 8.44. The molecule has 0 saturated heterocycles. The van der Waals surface area contributed by atoms with Crippen molar-refractivity contribution in [1.82, 2.24) is 5.32 Å². The van der Waals surface area contributed by atoms with E-state index in [9.17, 15) is 4.39 Å². The van der Waals surface area contributed by atoms with Gasteiger partial charge in [0.15, 0.2) is 0 Å². The van der Waals surface area contributed by atoms with Crippen molar-refractivity contribution < 1.29 is 8.81 Å². The van der Waals surface area contributed by atoms with Crippen molar-refractivity contribution in [2.75, 3.05) is 6.54 Å². The average Bonchev–Trinajstić information content (AvgIpc) is 3.02. The predicted molar refractivity (Wildman–Crippen MR) is 88.4 cm³/mol. The summed E-state index contributed by atoms with van der Waals surface area (Å²) in [5.74, 6) is 0.603. The quantitative estimate of drug-likeness (QED) is 0.667. The van der Waals surface area contributed by atoms with E-state index in [1.54, 1.807) is 17.4 Å². The zero-order valence-electron chi connectivity index (χ0n) is 11.7. The van der Waals surface area contributed by atoms with Crippen LogP contribution < -0.4 is 5.32 Å². The van der Waals surface area contributed by atoms with Gasteiger partial charge in [-0.2, -0.15) is 11.3 Å². The Hall–Kier alpha value is -1.17. The lowest BCUT2D eigenvalue weighted by Gasteiger charge is -2.16. The summed E-state index contributed by atoms with van der Waals surface area (Å²) < 4.78 is 20.5. The van der Waals surface area contributed by atoms with Gasteiger partial charge in [0.05, 0.1) is 6.04 Å². The van der Waals surface area contributed by atoms with E-state index in [0.29, 0.717) is 0 Å². The molecule has 2 nitrogen and oxygen atoms in total. The second-order valence-corrected chi connectivity index (χ2v) is 6.50. The third-order valence-corrected chi connectivity index (χ3v) is 5.31. The Balaban J connectivity index is 2.16. The van der Waals surface area contributed by atoms with Gasteiger partial charge in [0.25, 0.3) is 0 Å². The fourth-order valence-corrected chi connectivity index (χ4v) is 4.08. The maximum Gasteiger partial charge on any atom is 0.134 e. The maximum absolute atomic E-state index is 13.4. The number of fused-ring (bicyclic) bond motifs is 1. The van der Waals surface area contributed by atoms with Crippen LogP contribution in [0.25, 0.3) is 11.0 Å². The number of nitrogens with one attached hydrogen (secondary N) is 1. The van der Waals surface area contributed by atoms with Crippen molar-refractivity contribution in [1.29, 1.82) is 0 Å². The van der Waals surface area contributed by atoms with E-state index in [4.69, 9.17) is 4.42 Å². The van der Waals surface area contributed by atoms with Crippen molar-refractivity contribution in [3.8, 4) is 0 Å². The minimum atomic E-state index is -0.241. The molecule has 3 rings (SSSR count). The molecule has 0 spiro atoms. The van der Waals surface area contributed by atoms with Gasteiger partial charge in [-0.3, -0.25) is 0 Å². The molecule has 0 saturated carbocycles. The number of hydrogen-bond acceptors (Lipinski definition) is 3. The molecule has 1 unspecified atom stereocenters. The van der Waals surface area contributed by atoms with Crippen LogP contribution in [-0.4, -0.2) is 6.54 Å². The van der Waals surface area contributed by atoms with Gasteiger partial charge in [-0.05, 0) is 53.0 Å². The SMILES string of the molecule is CCNC(c1cscc1Br)c1oc2ccc(F)cc2c1C. The summed E-state index contributed by atoms with van der Waals surface area (Å²) in [6.45, 7) is 4.86. The highest BCUT2D eigenvalue weighted by molar-refractivity contribution is 9.10. The van der Waals surface area contributed by atoms with Crippen LogP contribution >= 0.6 is 27.3 Å². The summed E-state index contributed by atoms with van der Waals surface area (Å²) in [7, 11) is 0. The normalized spacial score (nSPS) is 13.0.